The van der Waals surface area contributed by atoms with Gasteiger partial charge in [-0.25, -0.2) is 0 Å². The number of hydrogen-bond acceptors (Lipinski definition) is 3. The number of aromatic amines is 1. The third-order valence-electron chi connectivity index (χ3n) is 4.30. The normalized spacial score (nSPS) is 14.1. The fourth-order valence-corrected chi connectivity index (χ4v) is 3.01. The van der Waals surface area contributed by atoms with Crippen molar-refractivity contribution in [2.75, 3.05) is 13.7 Å². The maximum absolute atomic E-state index is 12.8. The molecule has 1 amide bonds. The highest BCUT2D eigenvalue weighted by molar-refractivity contribution is 5.95. The van der Waals surface area contributed by atoms with Crippen LogP contribution in [0.5, 0.6) is 5.75 Å². The summed E-state index contributed by atoms with van der Waals surface area (Å²) in [5.41, 5.74) is 3.46. The van der Waals surface area contributed by atoms with Crippen molar-refractivity contribution in [2.45, 2.75) is 26.3 Å². The molecule has 120 valence electrons. The molecule has 1 aliphatic rings. The maximum Gasteiger partial charge on any atom is 0.255 e. The number of ether oxygens (including phenoxy) is 1. The van der Waals surface area contributed by atoms with Crippen LogP contribution in [0.4, 0.5) is 0 Å². The number of benzene rings is 1. The number of nitrogens with one attached hydrogen (secondary N) is 1. The second kappa shape index (κ2) is 6.28. The summed E-state index contributed by atoms with van der Waals surface area (Å²) < 4.78 is 5.28. The molecule has 2 aromatic rings. The van der Waals surface area contributed by atoms with E-state index in [1.54, 1.807) is 14.0 Å². The van der Waals surface area contributed by atoms with Gasteiger partial charge in [-0.1, -0.05) is 6.07 Å². The number of aromatic nitrogens is 1. The first-order chi connectivity index (χ1) is 11.1. The minimum Gasteiger partial charge on any atom is -0.497 e. The number of fused-ring (bicyclic) bond motifs is 1. The molecular weight excluding hydrogens is 292 g/mol. The van der Waals surface area contributed by atoms with Gasteiger partial charge in [0.1, 0.15) is 5.75 Å². The molecule has 0 aliphatic carbocycles. The third kappa shape index (κ3) is 3.13. The Morgan fingerprint density at radius 2 is 2.09 bits per heavy atom. The number of rotatable bonds is 2. The van der Waals surface area contributed by atoms with Crippen molar-refractivity contribution in [3.63, 3.8) is 0 Å². The van der Waals surface area contributed by atoms with Crippen LogP contribution in [0, 0.1) is 6.92 Å². The van der Waals surface area contributed by atoms with E-state index in [1.807, 2.05) is 17.0 Å². The number of methoxy groups -OCH3 is 1. The summed E-state index contributed by atoms with van der Waals surface area (Å²) in [6, 6.07) is 7.47. The zero-order valence-electron chi connectivity index (χ0n) is 13.4. The molecule has 0 saturated carbocycles. The van der Waals surface area contributed by atoms with Gasteiger partial charge in [-0.3, -0.25) is 9.59 Å². The lowest BCUT2D eigenvalue weighted by Gasteiger charge is -2.21. The molecule has 1 aromatic heterocycles. The fraction of sp³-hybridized carbons (Fsp3) is 0.333. The van der Waals surface area contributed by atoms with Gasteiger partial charge in [0.15, 0.2) is 0 Å². The topological polar surface area (TPSA) is 62.4 Å². The summed E-state index contributed by atoms with van der Waals surface area (Å²) in [4.78, 5) is 28.6. The van der Waals surface area contributed by atoms with Gasteiger partial charge in [0.25, 0.3) is 5.91 Å². The largest absolute Gasteiger partial charge is 0.497 e. The van der Waals surface area contributed by atoms with E-state index in [1.165, 1.54) is 17.8 Å². The Labute approximate surface area is 134 Å². The Hall–Kier alpha value is -2.56. The Morgan fingerprint density at radius 3 is 2.83 bits per heavy atom. The molecule has 0 radical (unpaired) electrons. The van der Waals surface area contributed by atoms with Crippen molar-refractivity contribution in [1.82, 2.24) is 9.88 Å². The van der Waals surface area contributed by atoms with Gasteiger partial charge in [-0.2, -0.15) is 0 Å². The van der Waals surface area contributed by atoms with Crippen LogP contribution >= 0.6 is 0 Å². The van der Waals surface area contributed by atoms with Crippen molar-refractivity contribution in [2.24, 2.45) is 0 Å². The molecule has 0 saturated heterocycles. The van der Waals surface area contributed by atoms with Gasteiger partial charge >= 0.3 is 0 Å². The van der Waals surface area contributed by atoms with Crippen molar-refractivity contribution < 1.29 is 9.53 Å². The molecule has 0 unspecified atom stereocenters. The van der Waals surface area contributed by atoms with Crippen molar-refractivity contribution in [3.8, 4) is 5.75 Å². The van der Waals surface area contributed by atoms with E-state index in [2.05, 4.69) is 11.1 Å². The average molecular weight is 312 g/mol. The lowest BCUT2D eigenvalue weighted by molar-refractivity contribution is 0.0744. The number of aryl methyl sites for hydroxylation is 2. The van der Waals surface area contributed by atoms with Gasteiger partial charge in [-0.15, -0.1) is 0 Å². The monoisotopic (exact) mass is 312 g/mol. The minimum atomic E-state index is -0.188. The standard InChI is InChI=1S/C18H20N2O3/c1-12-8-17(21)19-10-16(12)18(22)20-7-3-4-13-9-15(23-2)6-5-14(13)11-20/h5-6,8-10H,3-4,7,11H2,1-2H3,(H,19,21). The molecular formula is C18H20N2O3. The highest BCUT2D eigenvalue weighted by atomic mass is 16.5. The van der Waals surface area contributed by atoms with E-state index >= 15 is 0 Å². The lowest BCUT2D eigenvalue weighted by Crippen LogP contribution is -2.31. The molecule has 0 atom stereocenters. The molecule has 0 bridgehead atoms. The van der Waals surface area contributed by atoms with Gasteiger partial charge in [-0.05, 0) is 48.6 Å². The molecule has 23 heavy (non-hydrogen) atoms. The van der Waals surface area contributed by atoms with Crippen LogP contribution in [0.25, 0.3) is 0 Å². The number of amides is 1. The van der Waals surface area contributed by atoms with Crippen molar-refractivity contribution in [3.05, 3.63) is 63.1 Å². The first kappa shape index (κ1) is 15.3. The second-order valence-electron chi connectivity index (χ2n) is 5.86. The van der Waals surface area contributed by atoms with Crippen LogP contribution in [0.15, 0.2) is 35.3 Å². The number of pyridine rings is 1. The van der Waals surface area contributed by atoms with Gasteiger partial charge in [0, 0.05) is 25.4 Å². The van der Waals surface area contributed by atoms with E-state index in [0.717, 1.165) is 24.2 Å². The van der Waals surface area contributed by atoms with Crippen LogP contribution < -0.4 is 10.3 Å². The van der Waals surface area contributed by atoms with Gasteiger partial charge in [0.05, 0.1) is 12.7 Å². The highest BCUT2D eigenvalue weighted by Crippen LogP contribution is 2.24. The number of carbonyl (C=O) groups excluding carboxylic acids is 1. The van der Waals surface area contributed by atoms with E-state index < -0.39 is 0 Å². The average Bonchev–Trinajstić information content (AvgIpc) is 2.75. The van der Waals surface area contributed by atoms with Crippen LogP contribution in [0.1, 0.15) is 33.5 Å². The van der Waals surface area contributed by atoms with Crippen molar-refractivity contribution >= 4 is 5.91 Å². The summed E-state index contributed by atoms with van der Waals surface area (Å²) in [7, 11) is 1.66. The van der Waals surface area contributed by atoms with Gasteiger partial charge in [0.2, 0.25) is 5.56 Å². The molecule has 3 rings (SSSR count). The Bertz CT molecular complexity index is 795. The van der Waals surface area contributed by atoms with E-state index in [0.29, 0.717) is 24.2 Å². The molecule has 0 fully saturated rings. The maximum atomic E-state index is 12.8. The van der Waals surface area contributed by atoms with Crippen LogP contribution in [-0.4, -0.2) is 29.4 Å². The van der Waals surface area contributed by atoms with E-state index in [4.69, 9.17) is 4.74 Å². The zero-order valence-corrected chi connectivity index (χ0v) is 13.4. The van der Waals surface area contributed by atoms with Crippen molar-refractivity contribution in [1.29, 1.82) is 0 Å². The van der Waals surface area contributed by atoms with E-state index in [-0.39, 0.29) is 11.5 Å². The van der Waals surface area contributed by atoms with E-state index in [9.17, 15) is 9.59 Å². The lowest BCUT2D eigenvalue weighted by atomic mass is 10.0. The number of hydrogen-bond donors (Lipinski definition) is 1. The summed E-state index contributed by atoms with van der Waals surface area (Å²) in [5, 5.41) is 0. The molecule has 0 spiro atoms. The first-order valence-corrected chi connectivity index (χ1v) is 7.73. The number of nitrogens with zero attached hydrogens (tertiary/aromatic N) is 1. The van der Waals surface area contributed by atoms with Gasteiger partial charge < -0.3 is 14.6 Å². The molecule has 2 heterocycles. The summed E-state index contributed by atoms with van der Waals surface area (Å²) in [5.74, 6) is 0.808. The van der Waals surface area contributed by atoms with Crippen LogP contribution in [-0.2, 0) is 13.0 Å². The SMILES string of the molecule is COc1ccc2c(c1)CCCN(C(=O)c1c[nH]c(=O)cc1C)C2. The summed E-state index contributed by atoms with van der Waals surface area (Å²) in [6.45, 7) is 3.07. The number of H-pyrrole nitrogens is 1. The zero-order chi connectivity index (χ0) is 16.4. The molecule has 1 N–H and O–H groups in total. The molecule has 1 aliphatic heterocycles. The predicted molar refractivity (Wildman–Crippen MR) is 87.9 cm³/mol. The molecule has 5 heteroatoms. The fourth-order valence-electron chi connectivity index (χ4n) is 3.01. The first-order valence-electron chi connectivity index (χ1n) is 7.73. The Morgan fingerprint density at radius 1 is 1.26 bits per heavy atom. The van der Waals surface area contributed by atoms with Crippen LogP contribution in [0.2, 0.25) is 0 Å². The summed E-state index contributed by atoms with van der Waals surface area (Å²) in [6.07, 6.45) is 3.36. The summed E-state index contributed by atoms with van der Waals surface area (Å²) >= 11 is 0. The Balaban J connectivity index is 1.88. The molecule has 5 nitrogen and oxygen atoms in total. The third-order valence-corrected chi connectivity index (χ3v) is 4.30. The molecule has 1 aromatic carbocycles. The Kier molecular flexibility index (Phi) is 4.19. The second-order valence-corrected chi connectivity index (χ2v) is 5.86. The predicted octanol–water partition coefficient (Wildman–Crippen LogP) is 2.28. The smallest absolute Gasteiger partial charge is 0.255 e. The quantitative estimate of drug-likeness (QED) is 0.925. The number of carbonyl (C=O) groups is 1. The van der Waals surface area contributed by atoms with Crippen LogP contribution in [0.3, 0.4) is 0 Å². The minimum absolute atomic E-state index is 0.0394. The highest BCUT2D eigenvalue weighted by Gasteiger charge is 2.22.